The molecule has 0 radical (unpaired) electrons. The van der Waals surface area contributed by atoms with Crippen molar-refractivity contribution in [3.05, 3.63) is 0 Å². The van der Waals surface area contributed by atoms with Crippen LogP contribution in [0, 0.1) is 0 Å². The highest BCUT2D eigenvalue weighted by atomic mass is 35.8. The van der Waals surface area contributed by atoms with Crippen LogP contribution in [0.2, 0.25) is 6.04 Å². The molecular weight excluding hydrogens is 616 g/mol. The van der Waals surface area contributed by atoms with Crippen molar-refractivity contribution in [3.63, 3.8) is 0 Å². The highest BCUT2D eigenvalue weighted by Gasteiger charge is 2.96. The Morgan fingerprint density at radius 2 is 0.576 bits per heavy atom. The molecule has 0 amide bonds. The van der Waals surface area contributed by atoms with Gasteiger partial charge in [0.1, 0.15) is 0 Å². The predicted octanol–water partition coefficient (Wildman–Crippen LogP) is 8.29. The summed E-state index contributed by atoms with van der Waals surface area (Å²) in [4.78, 5) is 0. The number of hydrogen-bond acceptors (Lipinski definition) is 0. The second-order valence-electron chi connectivity index (χ2n) is 6.01. The van der Waals surface area contributed by atoms with Gasteiger partial charge in [-0.1, -0.05) is 0 Å². The SMILES string of the molecule is FC(F)(F)C(F)(F)C(F)(F)C(F)(F)C(F)(F)C(F)(F)C(F)(F)C(F)(F)C(F)(F)C[Si](Cl)(Cl)Cl. The summed E-state index contributed by atoms with van der Waals surface area (Å²) in [6.07, 6.45) is -7.92. The topological polar surface area (TPSA) is 0 Å². The first-order chi connectivity index (χ1) is 13.7. The van der Waals surface area contributed by atoms with E-state index in [1.807, 2.05) is 0 Å². The fraction of sp³-hybridized carbons (Fsp3) is 1.00. The summed E-state index contributed by atoms with van der Waals surface area (Å²) in [5.74, 6) is -67.1. The first-order valence-corrected chi connectivity index (χ1v) is 12.1. The molecule has 0 atom stereocenters. The molecule has 200 valence electrons. The molecule has 0 nitrogen and oxygen atoms in total. The maximum atomic E-state index is 13.4. The summed E-state index contributed by atoms with van der Waals surface area (Å²) in [6, 6.07) is -8.36. The van der Waals surface area contributed by atoms with Gasteiger partial charge in [0.15, 0.2) is 0 Å². The lowest BCUT2D eigenvalue weighted by molar-refractivity contribution is -0.468. The zero-order valence-corrected chi connectivity index (χ0v) is 17.3. The van der Waals surface area contributed by atoms with Gasteiger partial charge in [-0.2, -0.15) is 83.4 Å². The molecule has 0 rings (SSSR count). The van der Waals surface area contributed by atoms with Crippen molar-refractivity contribution >= 4 is 39.2 Å². The Morgan fingerprint density at radius 3 is 0.788 bits per heavy atom. The van der Waals surface area contributed by atoms with Crippen LogP contribution in [-0.4, -0.2) is 59.6 Å². The van der Waals surface area contributed by atoms with Crippen molar-refractivity contribution in [3.8, 4) is 0 Å². The molecule has 0 saturated carbocycles. The normalized spacial score (nSPS) is 16.9. The van der Waals surface area contributed by atoms with Crippen LogP contribution in [0.4, 0.5) is 83.4 Å². The monoisotopic (exact) mass is 616 g/mol. The third kappa shape index (κ3) is 4.65. The van der Waals surface area contributed by atoms with E-state index in [0.717, 1.165) is 0 Å². The van der Waals surface area contributed by atoms with Crippen molar-refractivity contribution < 1.29 is 83.4 Å². The molecule has 0 aliphatic carbocycles. The third-order valence-corrected chi connectivity index (χ3v) is 5.65. The zero-order valence-electron chi connectivity index (χ0n) is 14.0. The molecular formula is C10H2Cl3F19Si. The smallest absolute Gasteiger partial charge is 0.200 e. The van der Waals surface area contributed by atoms with E-state index in [1.165, 1.54) is 0 Å². The van der Waals surface area contributed by atoms with Crippen molar-refractivity contribution in [1.82, 2.24) is 0 Å². The van der Waals surface area contributed by atoms with Gasteiger partial charge in [0.2, 0.25) is 0 Å². The molecule has 0 unspecified atom stereocenters. The maximum absolute atomic E-state index is 13.4. The van der Waals surface area contributed by atoms with E-state index in [9.17, 15) is 83.4 Å². The molecule has 0 fully saturated rings. The Hall–Kier alpha value is -0.243. The molecule has 0 aromatic heterocycles. The van der Waals surface area contributed by atoms with Gasteiger partial charge in [-0.05, 0) is 0 Å². The first-order valence-electron chi connectivity index (χ1n) is 6.86. The highest BCUT2D eigenvalue weighted by Crippen LogP contribution is 2.65. The van der Waals surface area contributed by atoms with E-state index in [-0.39, 0.29) is 0 Å². The summed E-state index contributed by atoms with van der Waals surface area (Å²) in [6.45, 7) is 0. The highest BCUT2D eigenvalue weighted by molar-refractivity contribution is 7.64. The Labute approximate surface area is 183 Å². The van der Waals surface area contributed by atoms with Crippen LogP contribution < -0.4 is 0 Å². The molecule has 0 bridgehead atoms. The minimum atomic E-state index is -8.96. The number of rotatable bonds is 9. The summed E-state index contributed by atoms with van der Waals surface area (Å²) in [5, 5.41) is 0. The van der Waals surface area contributed by atoms with E-state index < -0.39 is 65.6 Å². The average molecular weight is 618 g/mol. The van der Waals surface area contributed by atoms with Gasteiger partial charge in [-0.15, -0.1) is 33.2 Å². The Kier molecular flexibility index (Phi) is 8.08. The Balaban J connectivity index is 6.89. The molecule has 0 aliphatic heterocycles. The van der Waals surface area contributed by atoms with Gasteiger partial charge in [0.25, 0.3) is 0 Å². The lowest BCUT2D eigenvalue weighted by Gasteiger charge is -2.44. The van der Waals surface area contributed by atoms with Crippen molar-refractivity contribution in [2.45, 2.75) is 59.6 Å². The Morgan fingerprint density at radius 1 is 0.364 bits per heavy atom. The second-order valence-corrected chi connectivity index (χ2v) is 15.1. The minimum absolute atomic E-state index is 3.09. The summed E-state index contributed by atoms with van der Waals surface area (Å²) >= 11 is 14.0. The summed E-state index contributed by atoms with van der Waals surface area (Å²) < 4.78 is 247. The quantitative estimate of drug-likeness (QED) is 0.139. The van der Waals surface area contributed by atoms with Gasteiger partial charge in [-0.3, -0.25) is 0 Å². The fourth-order valence-corrected chi connectivity index (χ4v) is 3.99. The standard InChI is InChI=1S/C10H2Cl3F19Si/c11-33(12,13)1-2(14,15)3(16,17)4(18,19)5(20,21)6(22,23)7(24,25)8(26,27)9(28,29)10(30,31)32/h1H2. The van der Waals surface area contributed by atoms with E-state index >= 15 is 0 Å². The van der Waals surface area contributed by atoms with Crippen LogP contribution in [0.1, 0.15) is 0 Å². The molecule has 0 saturated heterocycles. The average Bonchev–Trinajstić information content (AvgIpc) is 2.49. The van der Waals surface area contributed by atoms with E-state index in [1.54, 1.807) is 0 Å². The molecule has 0 spiro atoms. The van der Waals surface area contributed by atoms with Crippen molar-refractivity contribution in [2.75, 3.05) is 0 Å². The zero-order chi connectivity index (χ0) is 27.7. The predicted molar refractivity (Wildman–Crippen MR) is 73.8 cm³/mol. The largest absolute Gasteiger partial charge is 0.460 e. The van der Waals surface area contributed by atoms with Gasteiger partial charge >= 0.3 is 59.6 Å². The lowest BCUT2D eigenvalue weighted by Crippen LogP contribution is -2.75. The molecule has 0 aromatic rings. The van der Waals surface area contributed by atoms with Gasteiger partial charge in [-0.25, -0.2) is 0 Å². The van der Waals surface area contributed by atoms with Gasteiger partial charge in [0, 0.05) is 0 Å². The van der Waals surface area contributed by atoms with Crippen molar-refractivity contribution in [2.24, 2.45) is 0 Å². The van der Waals surface area contributed by atoms with Gasteiger partial charge < -0.3 is 0 Å². The fourth-order valence-electron chi connectivity index (χ4n) is 1.76. The maximum Gasteiger partial charge on any atom is 0.460 e. The van der Waals surface area contributed by atoms with Gasteiger partial charge in [0.05, 0.1) is 6.04 Å². The number of halogens is 22. The molecule has 33 heavy (non-hydrogen) atoms. The van der Waals surface area contributed by atoms with Crippen molar-refractivity contribution in [1.29, 1.82) is 0 Å². The van der Waals surface area contributed by atoms with Crippen LogP contribution in [0.5, 0.6) is 0 Å². The van der Waals surface area contributed by atoms with E-state index in [4.69, 9.17) is 0 Å². The summed E-state index contributed by atoms with van der Waals surface area (Å²) in [5.41, 5.74) is 0. The number of alkyl halides is 19. The third-order valence-electron chi connectivity index (χ3n) is 3.60. The van der Waals surface area contributed by atoms with E-state index in [2.05, 4.69) is 33.2 Å². The van der Waals surface area contributed by atoms with Crippen LogP contribution in [0.15, 0.2) is 0 Å². The van der Waals surface area contributed by atoms with Crippen LogP contribution >= 0.6 is 33.2 Å². The second kappa shape index (κ2) is 8.14. The molecule has 0 heterocycles. The molecule has 0 aliphatic rings. The van der Waals surface area contributed by atoms with Crippen LogP contribution in [0.25, 0.3) is 0 Å². The lowest BCUT2D eigenvalue weighted by atomic mass is 9.87. The number of hydrogen-bond donors (Lipinski definition) is 0. The Bertz CT molecular complexity index is 720. The van der Waals surface area contributed by atoms with Crippen LogP contribution in [-0.2, 0) is 0 Å². The minimum Gasteiger partial charge on any atom is -0.200 e. The molecule has 23 heteroatoms. The molecule has 0 N–H and O–H groups in total. The summed E-state index contributed by atoms with van der Waals surface area (Å²) in [7, 11) is 0. The van der Waals surface area contributed by atoms with E-state index in [0.29, 0.717) is 0 Å². The molecule has 0 aromatic carbocycles. The first kappa shape index (κ1) is 32.8. The van der Waals surface area contributed by atoms with Crippen LogP contribution in [0.3, 0.4) is 0 Å².